The van der Waals surface area contributed by atoms with Crippen molar-refractivity contribution in [1.29, 1.82) is 0 Å². The molecule has 0 atom stereocenters. The first kappa shape index (κ1) is 10.4. The van der Waals surface area contributed by atoms with Crippen LogP contribution in [0.25, 0.3) is 0 Å². The Hall–Kier alpha value is -2.10. The average Bonchev–Trinajstić information content (AvgIpc) is 2.61. The molecular formula is C12H11NO3. The number of carboxylic acid groups (broad SMARTS) is 1. The highest BCUT2D eigenvalue weighted by Gasteiger charge is 2.19. The van der Waals surface area contributed by atoms with Crippen LogP contribution in [0.5, 0.6) is 0 Å². The van der Waals surface area contributed by atoms with Crippen LogP contribution in [0, 0.1) is 6.92 Å². The number of carboxylic acids is 1. The van der Waals surface area contributed by atoms with Crippen molar-refractivity contribution in [2.75, 3.05) is 0 Å². The van der Waals surface area contributed by atoms with Gasteiger partial charge in [0.2, 0.25) is 0 Å². The predicted molar refractivity (Wildman–Crippen MR) is 57.4 cm³/mol. The number of hydrogen-bond donors (Lipinski definition) is 1. The van der Waals surface area contributed by atoms with E-state index in [1.807, 2.05) is 30.3 Å². The summed E-state index contributed by atoms with van der Waals surface area (Å²) >= 11 is 0. The predicted octanol–water partition coefficient (Wildman–Crippen LogP) is 2.27. The molecule has 0 bridgehead atoms. The molecule has 0 saturated heterocycles. The standard InChI is InChI=1S/C12H11NO3/c1-8-11(12(14)15)10(13-16-8)7-9-5-3-2-4-6-9/h2-6H,7H2,1H3,(H,14,15). The van der Waals surface area contributed by atoms with Gasteiger partial charge in [0.05, 0.1) is 0 Å². The molecule has 0 aliphatic rings. The van der Waals surface area contributed by atoms with Gasteiger partial charge in [-0.05, 0) is 12.5 Å². The van der Waals surface area contributed by atoms with Crippen LogP contribution in [0.3, 0.4) is 0 Å². The first-order chi connectivity index (χ1) is 7.68. The lowest BCUT2D eigenvalue weighted by atomic mass is 10.1. The lowest BCUT2D eigenvalue weighted by Crippen LogP contribution is -2.02. The molecule has 0 amide bonds. The molecule has 4 nitrogen and oxygen atoms in total. The summed E-state index contributed by atoms with van der Waals surface area (Å²) < 4.78 is 4.90. The minimum Gasteiger partial charge on any atom is -0.477 e. The number of nitrogens with zero attached hydrogens (tertiary/aromatic N) is 1. The minimum atomic E-state index is -0.996. The molecule has 2 aromatic rings. The fourth-order valence-corrected chi connectivity index (χ4v) is 1.60. The van der Waals surface area contributed by atoms with Crippen LogP contribution in [0.1, 0.15) is 27.4 Å². The second-order valence-corrected chi connectivity index (χ2v) is 3.53. The molecule has 0 radical (unpaired) electrons. The van der Waals surface area contributed by atoms with Crippen molar-refractivity contribution < 1.29 is 14.4 Å². The zero-order valence-corrected chi connectivity index (χ0v) is 8.80. The molecule has 2 rings (SSSR count). The summed E-state index contributed by atoms with van der Waals surface area (Å²) in [5, 5.41) is 12.8. The summed E-state index contributed by atoms with van der Waals surface area (Å²) in [7, 11) is 0. The molecule has 1 N–H and O–H groups in total. The van der Waals surface area contributed by atoms with E-state index in [-0.39, 0.29) is 5.56 Å². The van der Waals surface area contributed by atoms with Crippen LogP contribution in [-0.2, 0) is 6.42 Å². The quantitative estimate of drug-likeness (QED) is 0.856. The maximum atomic E-state index is 11.0. The Kier molecular flexibility index (Phi) is 2.72. The number of carbonyl (C=O) groups is 1. The minimum absolute atomic E-state index is 0.170. The van der Waals surface area contributed by atoms with E-state index in [9.17, 15) is 4.79 Å². The van der Waals surface area contributed by atoms with Crippen molar-refractivity contribution in [1.82, 2.24) is 5.16 Å². The number of aromatic nitrogens is 1. The number of aromatic carboxylic acids is 1. The number of benzene rings is 1. The van der Waals surface area contributed by atoms with Crippen molar-refractivity contribution in [3.63, 3.8) is 0 Å². The average molecular weight is 217 g/mol. The van der Waals surface area contributed by atoms with Gasteiger partial charge in [-0.25, -0.2) is 4.79 Å². The molecule has 4 heteroatoms. The second-order valence-electron chi connectivity index (χ2n) is 3.53. The summed E-state index contributed by atoms with van der Waals surface area (Å²) in [6.45, 7) is 1.60. The Morgan fingerprint density at radius 1 is 1.38 bits per heavy atom. The van der Waals surface area contributed by atoms with Crippen LogP contribution in [0.15, 0.2) is 34.9 Å². The first-order valence-electron chi connectivity index (χ1n) is 4.91. The molecule has 1 aromatic heterocycles. The Morgan fingerprint density at radius 2 is 2.06 bits per heavy atom. The monoisotopic (exact) mass is 217 g/mol. The third-order valence-electron chi connectivity index (χ3n) is 2.36. The molecule has 0 spiro atoms. The van der Waals surface area contributed by atoms with Crippen molar-refractivity contribution >= 4 is 5.97 Å². The van der Waals surface area contributed by atoms with Crippen molar-refractivity contribution in [2.24, 2.45) is 0 Å². The highest BCUT2D eigenvalue weighted by Crippen LogP contribution is 2.16. The van der Waals surface area contributed by atoms with E-state index in [2.05, 4.69) is 5.16 Å². The van der Waals surface area contributed by atoms with Crippen LogP contribution < -0.4 is 0 Å². The molecule has 1 heterocycles. The van der Waals surface area contributed by atoms with E-state index in [0.29, 0.717) is 17.9 Å². The van der Waals surface area contributed by atoms with Crippen molar-refractivity contribution in [2.45, 2.75) is 13.3 Å². The van der Waals surface area contributed by atoms with Crippen LogP contribution in [-0.4, -0.2) is 16.2 Å². The Morgan fingerprint density at radius 3 is 2.69 bits per heavy atom. The molecule has 0 saturated carbocycles. The van der Waals surface area contributed by atoms with E-state index in [1.54, 1.807) is 6.92 Å². The van der Waals surface area contributed by atoms with Gasteiger partial charge in [0, 0.05) is 6.42 Å². The van der Waals surface area contributed by atoms with Gasteiger partial charge in [-0.15, -0.1) is 0 Å². The van der Waals surface area contributed by atoms with Crippen molar-refractivity contribution in [3.8, 4) is 0 Å². The lowest BCUT2D eigenvalue weighted by Gasteiger charge is -1.98. The van der Waals surface area contributed by atoms with Gasteiger partial charge in [0.1, 0.15) is 17.0 Å². The van der Waals surface area contributed by atoms with Gasteiger partial charge >= 0.3 is 5.97 Å². The van der Waals surface area contributed by atoms with Crippen molar-refractivity contribution in [3.05, 3.63) is 52.9 Å². The third kappa shape index (κ3) is 1.95. The summed E-state index contributed by atoms with van der Waals surface area (Å²) in [6, 6.07) is 9.58. The van der Waals surface area contributed by atoms with Gasteiger partial charge < -0.3 is 9.63 Å². The van der Waals surface area contributed by atoms with E-state index < -0.39 is 5.97 Å². The van der Waals surface area contributed by atoms with Gasteiger partial charge in [-0.2, -0.15) is 0 Å². The topological polar surface area (TPSA) is 63.3 Å². The van der Waals surface area contributed by atoms with Gasteiger partial charge in [0.25, 0.3) is 0 Å². The van der Waals surface area contributed by atoms with Crippen LogP contribution in [0.2, 0.25) is 0 Å². The van der Waals surface area contributed by atoms with Gasteiger partial charge in [-0.3, -0.25) is 0 Å². The Balaban J connectivity index is 2.32. The first-order valence-corrected chi connectivity index (χ1v) is 4.91. The van der Waals surface area contributed by atoms with Crippen LogP contribution >= 0.6 is 0 Å². The molecule has 1 aromatic carbocycles. The normalized spacial score (nSPS) is 10.3. The highest BCUT2D eigenvalue weighted by molar-refractivity contribution is 5.89. The number of hydrogen-bond acceptors (Lipinski definition) is 3. The molecule has 16 heavy (non-hydrogen) atoms. The number of aryl methyl sites for hydroxylation is 1. The third-order valence-corrected chi connectivity index (χ3v) is 2.36. The fourth-order valence-electron chi connectivity index (χ4n) is 1.60. The molecular weight excluding hydrogens is 206 g/mol. The Bertz CT molecular complexity index is 502. The molecule has 0 fully saturated rings. The fraction of sp³-hybridized carbons (Fsp3) is 0.167. The second kappa shape index (κ2) is 4.18. The lowest BCUT2D eigenvalue weighted by molar-refractivity contribution is 0.0694. The van der Waals surface area contributed by atoms with Gasteiger partial charge in [-0.1, -0.05) is 35.5 Å². The van der Waals surface area contributed by atoms with E-state index in [0.717, 1.165) is 5.56 Å². The van der Waals surface area contributed by atoms with Gasteiger partial charge in [0.15, 0.2) is 0 Å². The zero-order valence-electron chi connectivity index (χ0n) is 8.80. The van der Waals surface area contributed by atoms with E-state index >= 15 is 0 Å². The Labute approximate surface area is 92.5 Å². The van der Waals surface area contributed by atoms with E-state index in [4.69, 9.17) is 9.63 Å². The summed E-state index contributed by atoms with van der Waals surface area (Å²) in [6.07, 6.45) is 0.472. The smallest absolute Gasteiger partial charge is 0.341 e. The van der Waals surface area contributed by atoms with Crippen LogP contribution in [0.4, 0.5) is 0 Å². The molecule has 82 valence electrons. The summed E-state index contributed by atoms with van der Waals surface area (Å²) in [4.78, 5) is 11.0. The summed E-state index contributed by atoms with van der Waals surface area (Å²) in [5.74, 6) is -0.650. The molecule has 0 aliphatic carbocycles. The highest BCUT2D eigenvalue weighted by atomic mass is 16.5. The number of rotatable bonds is 3. The molecule has 0 aliphatic heterocycles. The maximum absolute atomic E-state index is 11.0. The SMILES string of the molecule is Cc1onc(Cc2ccccc2)c1C(=O)O. The zero-order chi connectivity index (χ0) is 11.5. The van der Waals surface area contributed by atoms with E-state index in [1.165, 1.54) is 0 Å². The molecule has 0 unspecified atom stereocenters. The maximum Gasteiger partial charge on any atom is 0.341 e. The largest absolute Gasteiger partial charge is 0.477 e. The summed E-state index contributed by atoms with van der Waals surface area (Å²) in [5.41, 5.74) is 1.65.